The number of para-hydroxylation sites is 1. The van der Waals surface area contributed by atoms with Gasteiger partial charge < -0.3 is 19.2 Å². The molecule has 0 spiro atoms. The van der Waals surface area contributed by atoms with Crippen LogP contribution in [-0.4, -0.2) is 46.4 Å². The topological polar surface area (TPSA) is 60.8 Å². The third kappa shape index (κ3) is 3.22. The summed E-state index contributed by atoms with van der Waals surface area (Å²) in [5, 5.41) is 0.587. The Morgan fingerprint density at radius 1 is 0.967 bits per heavy atom. The molecule has 0 bridgehead atoms. The zero-order valence-electron chi connectivity index (χ0n) is 16.3. The summed E-state index contributed by atoms with van der Waals surface area (Å²) >= 11 is 0. The molecule has 30 heavy (non-hydrogen) atoms. The van der Waals surface area contributed by atoms with E-state index >= 15 is 0 Å². The lowest BCUT2D eigenvalue weighted by Crippen LogP contribution is -2.35. The summed E-state index contributed by atoms with van der Waals surface area (Å²) in [5.41, 5.74) is 2.72. The zero-order valence-corrected chi connectivity index (χ0v) is 16.3. The fraction of sp³-hybridized carbons (Fsp3) is 0.217. The lowest BCUT2D eigenvalue weighted by atomic mass is 10.2. The van der Waals surface area contributed by atoms with Crippen molar-refractivity contribution in [3.8, 4) is 0 Å². The smallest absolute Gasteiger partial charge is 0.258 e. The number of nitrogens with one attached hydrogen (secondary N) is 1. The van der Waals surface area contributed by atoms with Crippen molar-refractivity contribution in [1.82, 2.24) is 14.3 Å². The number of hydrogen-bond donors (Lipinski definition) is 1. The highest BCUT2D eigenvalue weighted by atomic mass is 19.1. The first-order chi connectivity index (χ1) is 14.6. The molecule has 1 N–H and O–H groups in total. The van der Waals surface area contributed by atoms with Gasteiger partial charge in [-0.25, -0.2) is 4.39 Å². The fourth-order valence-electron chi connectivity index (χ4n) is 4.15. The molecule has 3 heterocycles. The Balaban J connectivity index is 1.40. The van der Waals surface area contributed by atoms with Crippen molar-refractivity contribution in [3.05, 3.63) is 82.5 Å². The molecule has 5 rings (SSSR count). The number of hydrogen-bond acceptors (Lipinski definition) is 3. The molecule has 2 aromatic heterocycles. The second kappa shape index (κ2) is 7.33. The quantitative estimate of drug-likeness (QED) is 0.558. The third-order valence-electron chi connectivity index (χ3n) is 5.69. The monoisotopic (exact) mass is 404 g/mol. The number of benzene rings is 2. The van der Waals surface area contributed by atoms with E-state index < -0.39 is 0 Å². The van der Waals surface area contributed by atoms with Crippen molar-refractivity contribution >= 4 is 28.1 Å². The van der Waals surface area contributed by atoms with Gasteiger partial charge in [-0.3, -0.25) is 9.59 Å². The summed E-state index contributed by atoms with van der Waals surface area (Å²) in [6.45, 7) is 2.73. The predicted octanol–water partition coefficient (Wildman–Crippen LogP) is 3.27. The normalized spacial score (nSPS) is 15.0. The van der Waals surface area contributed by atoms with Gasteiger partial charge in [-0.1, -0.05) is 12.1 Å². The molecule has 2 aromatic carbocycles. The van der Waals surface area contributed by atoms with Crippen LogP contribution >= 0.6 is 0 Å². The Morgan fingerprint density at radius 3 is 2.60 bits per heavy atom. The number of anilines is 1. The van der Waals surface area contributed by atoms with Crippen LogP contribution in [0.1, 0.15) is 16.8 Å². The third-order valence-corrected chi connectivity index (χ3v) is 5.69. The maximum atomic E-state index is 13.2. The number of H-pyrrole nitrogens is 1. The molecule has 1 saturated heterocycles. The van der Waals surface area contributed by atoms with Gasteiger partial charge in [0.25, 0.3) is 11.5 Å². The first kappa shape index (κ1) is 18.4. The van der Waals surface area contributed by atoms with E-state index in [9.17, 15) is 14.0 Å². The maximum absolute atomic E-state index is 13.2. The van der Waals surface area contributed by atoms with Crippen molar-refractivity contribution in [1.29, 1.82) is 0 Å². The molecule has 4 aromatic rings. The molecule has 6 nitrogen and oxygen atoms in total. The molecule has 0 atom stereocenters. The Kier molecular flexibility index (Phi) is 4.50. The van der Waals surface area contributed by atoms with E-state index in [4.69, 9.17) is 0 Å². The van der Waals surface area contributed by atoms with Gasteiger partial charge in [-0.15, -0.1) is 0 Å². The Hall–Kier alpha value is -3.61. The van der Waals surface area contributed by atoms with E-state index in [-0.39, 0.29) is 17.3 Å². The van der Waals surface area contributed by atoms with Crippen LogP contribution in [-0.2, 0) is 0 Å². The summed E-state index contributed by atoms with van der Waals surface area (Å²) in [6, 6.07) is 15.5. The number of carbonyl (C=O) groups excluding carboxylic acids is 1. The maximum Gasteiger partial charge on any atom is 0.258 e. The molecule has 0 aliphatic carbocycles. The molecule has 1 aliphatic heterocycles. The molecular weight excluding hydrogens is 383 g/mol. The number of rotatable bonds is 2. The Morgan fingerprint density at radius 2 is 1.77 bits per heavy atom. The van der Waals surface area contributed by atoms with Gasteiger partial charge in [0.2, 0.25) is 0 Å². The first-order valence-corrected chi connectivity index (χ1v) is 10.0. The van der Waals surface area contributed by atoms with Gasteiger partial charge in [0.15, 0.2) is 0 Å². The molecule has 0 unspecified atom stereocenters. The van der Waals surface area contributed by atoms with Crippen molar-refractivity contribution in [2.45, 2.75) is 6.42 Å². The molecular formula is C23H21FN4O2. The molecule has 0 radical (unpaired) electrons. The predicted molar refractivity (Wildman–Crippen MR) is 115 cm³/mol. The zero-order chi connectivity index (χ0) is 20.7. The van der Waals surface area contributed by atoms with Crippen LogP contribution in [0.2, 0.25) is 0 Å². The minimum atomic E-state index is -0.253. The van der Waals surface area contributed by atoms with Gasteiger partial charge in [-0.05, 0) is 48.9 Å². The number of nitrogens with zero attached hydrogens (tertiary/aromatic N) is 3. The van der Waals surface area contributed by atoms with Crippen LogP contribution < -0.4 is 10.5 Å². The minimum Gasteiger partial charge on any atom is -0.370 e. The fourth-order valence-corrected chi connectivity index (χ4v) is 4.15. The van der Waals surface area contributed by atoms with Crippen LogP contribution in [0.4, 0.5) is 10.1 Å². The average Bonchev–Trinajstić information content (AvgIpc) is 3.03. The molecule has 152 valence electrons. The van der Waals surface area contributed by atoms with Gasteiger partial charge in [0.1, 0.15) is 11.5 Å². The van der Waals surface area contributed by atoms with E-state index in [2.05, 4.69) is 9.88 Å². The summed E-state index contributed by atoms with van der Waals surface area (Å²) in [4.78, 5) is 32.4. The number of amides is 1. The van der Waals surface area contributed by atoms with E-state index in [0.717, 1.165) is 24.2 Å². The van der Waals surface area contributed by atoms with Gasteiger partial charge >= 0.3 is 0 Å². The van der Waals surface area contributed by atoms with E-state index in [1.165, 1.54) is 12.1 Å². The van der Waals surface area contributed by atoms with Gasteiger partial charge in [0, 0.05) is 38.1 Å². The van der Waals surface area contributed by atoms with Gasteiger partial charge in [0.05, 0.1) is 16.5 Å². The molecule has 1 fully saturated rings. The van der Waals surface area contributed by atoms with E-state index in [1.807, 2.05) is 27.5 Å². The standard InChI is InChI=1S/C23H21FN4O2/c24-17-6-8-18(9-7-17)26-10-3-11-27(13-12-26)23(30)16-14-21-25-22(29)19-4-1-2-5-20(19)28(21)15-16/h1-2,4-9,14-15H,3,10-13H2,(H,25,29). The summed E-state index contributed by atoms with van der Waals surface area (Å²) in [7, 11) is 0. The molecule has 0 saturated carbocycles. The van der Waals surface area contributed by atoms with E-state index in [0.29, 0.717) is 36.2 Å². The Bertz CT molecular complexity index is 1290. The highest BCUT2D eigenvalue weighted by Gasteiger charge is 2.22. The van der Waals surface area contributed by atoms with Crippen molar-refractivity contribution in [2.24, 2.45) is 0 Å². The van der Waals surface area contributed by atoms with Crippen LogP contribution in [0.25, 0.3) is 16.6 Å². The second-order valence-electron chi connectivity index (χ2n) is 7.56. The highest BCUT2D eigenvalue weighted by molar-refractivity contribution is 5.96. The van der Waals surface area contributed by atoms with Crippen LogP contribution in [0.5, 0.6) is 0 Å². The van der Waals surface area contributed by atoms with Crippen molar-refractivity contribution in [2.75, 3.05) is 31.1 Å². The highest BCUT2D eigenvalue weighted by Crippen LogP contribution is 2.20. The molecule has 7 heteroatoms. The summed E-state index contributed by atoms with van der Waals surface area (Å²) < 4.78 is 15.1. The van der Waals surface area contributed by atoms with E-state index in [1.54, 1.807) is 30.5 Å². The SMILES string of the molecule is O=C(c1cc2[nH]c(=O)c3ccccc3n2c1)N1CCCN(c2ccc(F)cc2)CC1. The first-order valence-electron chi connectivity index (χ1n) is 10.0. The summed E-state index contributed by atoms with van der Waals surface area (Å²) in [6.07, 6.45) is 2.62. The second-order valence-corrected chi connectivity index (χ2v) is 7.56. The lowest BCUT2D eigenvalue weighted by molar-refractivity contribution is 0.0767. The Labute approximate surface area is 172 Å². The van der Waals surface area contributed by atoms with Crippen LogP contribution in [0, 0.1) is 5.82 Å². The van der Waals surface area contributed by atoms with Crippen molar-refractivity contribution in [3.63, 3.8) is 0 Å². The average molecular weight is 404 g/mol. The number of carbonyl (C=O) groups is 1. The lowest BCUT2D eigenvalue weighted by Gasteiger charge is -2.23. The number of aromatic amines is 1. The number of fused-ring (bicyclic) bond motifs is 3. The summed E-state index contributed by atoms with van der Waals surface area (Å²) in [5.74, 6) is -0.304. The molecule has 1 aliphatic rings. The van der Waals surface area contributed by atoms with Crippen LogP contribution in [0.3, 0.4) is 0 Å². The number of aromatic nitrogens is 2. The van der Waals surface area contributed by atoms with Gasteiger partial charge in [-0.2, -0.15) is 0 Å². The number of halogens is 1. The largest absolute Gasteiger partial charge is 0.370 e. The minimum absolute atomic E-state index is 0.0513. The van der Waals surface area contributed by atoms with Crippen molar-refractivity contribution < 1.29 is 9.18 Å². The van der Waals surface area contributed by atoms with Crippen LogP contribution in [0.15, 0.2) is 65.6 Å². The molecule has 1 amide bonds.